The lowest BCUT2D eigenvalue weighted by Gasteiger charge is -2.38. The summed E-state index contributed by atoms with van der Waals surface area (Å²) in [5, 5.41) is 12.9. The number of aliphatic hydroxyl groups is 1. The van der Waals surface area contributed by atoms with Gasteiger partial charge in [0.25, 0.3) is 0 Å². The summed E-state index contributed by atoms with van der Waals surface area (Å²) in [5.41, 5.74) is 1.29. The highest BCUT2D eigenvalue weighted by Crippen LogP contribution is 2.21. The zero-order valence-electron chi connectivity index (χ0n) is 17.7. The van der Waals surface area contributed by atoms with E-state index in [9.17, 15) is 18.3 Å². The van der Waals surface area contributed by atoms with E-state index in [1.807, 2.05) is 11.8 Å². The van der Waals surface area contributed by atoms with Crippen LogP contribution in [0.4, 0.5) is 11.4 Å². The van der Waals surface area contributed by atoms with E-state index in [1.54, 1.807) is 24.3 Å². The van der Waals surface area contributed by atoms with Gasteiger partial charge in [-0.3, -0.25) is 14.4 Å². The number of carbonyl (C=O) groups is 1. The Morgan fingerprint density at radius 2 is 1.87 bits per heavy atom. The molecule has 2 atom stereocenters. The first-order chi connectivity index (χ1) is 14.4. The molecule has 2 saturated heterocycles. The third kappa shape index (κ3) is 6.58. The number of likely N-dealkylation sites (tertiary alicyclic amines) is 2. The fourth-order valence-electron chi connectivity index (χ4n) is 4.23. The number of carbonyl (C=O) groups excluding carboxylic acids is 1. The topological polar surface area (TPSA) is 102 Å². The van der Waals surface area contributed by atoms with Crippen molar-refractivity contribution < 1.29 is 18.3 Å². The predicted molar refractivity (Wildman–Crippen MR) is 119 cm³/mol. The van der Waals surface area contributed by atoms with Gasteiger partial charge in [0, 0.05) is 43.6 Å². The standard InChI is InChI=1S/C21H34N4O4S/c1-2-13-30(28,29)23-18-8-6-17(7-9-18)22-14-21(27)25-11-4-3-5-19(25)15-24-12-10-20(26)16-24/h6-9,19-20,22-23,26H,2-5,10-16H2,1H3/t19-,20-/m0/s1. The van der Waals surface area contributed by atoms with E-state index in [1.165, 1.54) is 0 Å². The number of hydrogen-bond donors (Lipinski definition) is 3. The molecule has 2 fully saturated rings. The quantitative estimate of drug-likeness (QED) is 0.542. The number of anilines is 2. The molecule has 9 heteroatoms. The highest BCUT2D eigenvalue weighted by molar-refractivity contribution is 7.92. The lowest BCUT2D eigenvalue weighted by Crippen LogP contribution is -2.50. The first-order valence-electron chi connectivity index (χ1n) is 10.9. The molecular weight excluding hydrogens is 404 g/mol. The van der Waals surface area contributed by atoms with Crippen molar-refractivity contribution in [3.63, 3.8) is 0 Å². The van der Waals surface area contributed by atoms with Crippen LogP contribution in [0.25, 0.3) is 0 Å². The van der Waals surface area contributed by atoms with E-state index in [4.69, 9.17) is 0 Å². The number of hydrogen-bond acceptors (Lipinski definition) is 6. The monoisotopic (exact) mass is 438 g/mol. The van der Waals surface area contributed by atoms with Gasteiger partial charge in [0.2, 0.25) is 15.9 Å². The Kier molecular flexibility index (Phi) is 7.96. The summed E-state index contributed by atoms with van der Waals surface area (Å²) < 4.78 is 26.3. The SMILES string of the molecule is CCCS(=O)(=O)Nc1ccc(NCC(=O)N2CCCC[C@H]2CN2CC[C@H](O)C2)cc1. The summed E-state index contributed by atoms with van der Waals surface area (Å²) in [7, 11) is -3.31. The third-order valence-corrected chi connectivity index (χ3v) is 7.23. The van der Waals surface area contributed by atoms with Crippen LogP contribution in [0.5, 0.6) is 0 Å². The average Bonchev–Trinajstić information content (AvgIpc) is 3.12. The van der Waals surface area contributed by atoms with Crippen LogP contribution in [0.3, 0.4) is 0 Å². The van der Waals surface area contributed by atoms with E-state index < -0.39 is 10.0 Å². The molecule has 1 amide bonds. The maximum Gasteiger partial charge on any atom is 0.242 e. The summed E-state index contributed by atoms with van der Waals surface area (Å²) in [6.07, 6.45) is 4.30. The molecule has 0 saturated carbocycles. The molecule has 2 heterocycles. The van der Waals surface area contributed by atoms with Crippen LogP contribution in [-0.2, 0) is 14.8 Å². The first kappa shape index (κ1) is 22.8. The van der Waals surface area contributed by atoms with Gasteiger partial charge in [-0.25, -0.2) is 8.42 Å². The Balaban J connectivity index is 1.51. The fourth-order valence-corrected chi connectivity index (χ4v) is 5.36. The number of β-amino-alcohol motifs (C(OH)–C–C–N with tert-alkyl or cyclic N) is 1. The van der Waals surface area contributed by atoms with Crippen LogP contribution in [0, 0.1) is 0 Å². The van der Waals surface area contributed by atoms with Gasteiger partial charge in [0.1, 0.15) is 0 Å². The van der Waals surface area contributed by atoms with E-state index in [0.29, 0.717) is 18.7 Å². The molecule has 1 aromatic rings. The second-order valence-corrected chi connectivity index (χ2v) is 10.1. The maximum atomic E-state index is 12.9. The summed E-state index contributed by atoms with van der Waals surface area (Å²) in [5.74, 6) is 0.168. The van der Waals surface area contributed by atoms with Crippen LogP contribution in [0.15, 0.2) is 24.3 Å². The second kappa shape index (κ2) is 10.5. The number of amides is 1. The number of benzene rings is 1. The Bertz CT molecular complexity index is 800. The van der Waals surface area contributed by atoms with Gasteiger partial charge in [-0.1, -0.05) is 6.92 Å². The highest BCUT2D eigenvalue weighted by Gasteiger charge is 2.30. The van der Waals surface area contributed by atoms with Crippen molar-refractivity contribution in [2.75, 3.05) is 48.5 Å². The van der Waals surface area contributed by atoms with E-state index in [2.05, 4.69) is 14.9 Å². The van der Waals surface area contributed by atoms with Gasteiger partial charge in [-0.15, -0.1) is 0 Å². The lowest BCUT2D eigenvalue weighted by molar-refractivity contribution is -0.133. The Morgan fingerprint density at radius 1 is 1.13 bits per heavy atom. The van der Waals surface area contributed by atoms with Crippen molar-refractivity contribution in [1.82, 2.24) is 9.80 Å². The van der Waals surface area contributed by atoms with E-state index in [-0.39, 0.29) is 30.4 Å². The fraction of sp³-hybridized carbons (Fsp3) is 0.667. The highest BCUT2D eigenvalue weighted by atomic mass is 32.2. The maximum absolute atomic E-state index is 12.9. The second-order valence-electron chi connectivity index (χ2n) is 8.29. The molecule has 2 aliphatic rings. The Hall–Kier alpha value is -1.84. The third-order valence-electron chi connectivity index (χ3n) is 5.74. The summed E-state index contributed by atoms with van der Waals surface area (Å²) >= 11 is 0. The largest absolute Gasteiger partial charge is 0.392 e. The molecule has 30 heavy (non-hydrogen) atoms. The number of piperidine rings is 1. The number of aliphatic hydroxyl groups excluding tert-OH is 1. The van der Waals surface area contributed by atoms with Gasteiger partial charge in [0.15, 0.2) is 0 Å². The zero-order chi connectivity index (χ0) is 21.6. The average molecular weight is 439 g/mol. The molecule has 0 bridgehead atoms. The van der Waals surface area contributed by atoms with Crippen LogP contribution >= 0.6 is 0 Å². The summed E-state index contributed by atoms with van der Waals surface area (Å²) in [6.45, 7) is 5.23. The number of sulfonamides is 1. The molecule has 3 N–H and O–H groups in total. The van der Waals surface area contributed by atoms with Crippen molar-refractivity contribution in [2.45, 2.75) is 51.2 Å². The minimum Gasteiger partial charge on any atom is -0.392 e. The number of nitrogens with zero attached hydrogens (tertiary/aromatic N) is 2. The van der Waals surface area contributed by atoms with Gasteiger partial charge < -0.3 is 15.3 Å². The van der Waals surface area contributed by atoms with Crippen molar-refractivity contribution >= 4 is 27.3 Å². The molecule has 0 radical (unpaired) electrons. The van der Waals surface area contributed by atoms with Crippen LogP contribution in [0.1, 0.15) is 39.0 Å². The summed E-state index contributed by atoms with van der Waals surface area (Å²) in [6, 6.07) is 7.14. The number of rotatable bonds is 9. The Morgan fingerprint density at radius 3 is 2.53 bits per heavy atom. The summed E-state index contributed by atoms with van der Waals surface area (Å²) in [4.78, 5) is 17.1. The molecule has 1 aromatic carbocycles. The molecule has 0 aliphatic carbocycles. The van der Waals surface area contributed by atoms with Crippen LogP contribution in [0.2, 0.25) is 0 Å². The smallest absolute Gasteiger partial charge is 0.242 e. The van der Waals surface area contributed by atoms with Crippen LogP contribution < -0.4 is 10.0 Å². The molecule has 0 unspecified atom stereocenters. The normalized spacial score (nSPS) is 22.8. The zero-order valence-corrected chi connectivity index (χ0v) is 18.5. The molecule has 8 nitrogen and oxygen atoms in total. The van der Waals surface area contributed by atoms with E-state index >= 15 is 0 Å². The molecule has 2 aliphatic heterocycles. The van der Waals surface area contributed by atoms with Crippen molar-refractivity contribution in [3.8, 4) is 0 Å². The van der Waals surface area contributed by atoms with Crippen molar-refractivity contribution in [2.24, 2.45) is 0 Å². The molecular formula is C21H34N4O4S. The molecule has 168 valence electrons. The molecule has 0 spiro atoms. The van der Waals surface area contributed by atoms with Gasteiger partial charge >= 0.3 is 0 Å². The molecule has 0 aromatic heterocycles. The number of nitrogens with one attached hydrogen (secondary N) is 2. The Labute approximate surface area is 179 Å². The van der Waals surface area contributed by atoms with Crippen molar-refractivity contribution in [3.05, 3.63) is 24.3 Å². The van der Waals surface area contributed by atoms with Gasteiger partial charge in [-0.2, -0.15) is 0 Å². The van der Waals surface area contributed by atoms with Gasteiger partial charge in [-0.05, 0) is 56.4 Å². The lowest BCUT2D eigenvalue weighted by atomic mass is 10.0. The van der Waals surface area contributed by atoms with Crippen LogP contribution in [-0.4, -0.2) is 79.9 Å². The first-order valence-corrected chi connectivity index (χ1v) is 12.6. The van der Waals surface area contributed by atoms with Gasteiger partial charge in [0.05, 0.1) is 18.4 Å². The van der Waals surface area contributed by atoms with Crippen molar-refractivity contribution in [1.29, 1.82) is 0 Å². The predicted octanol–water partition coefficient (Wildman–Crippen LogP) is 1.70. The van der Waals surface area contributed by atoms with E-state index in [0.717, 1.165) is 51.0 Å². The minimum absolute atomic E-state index is 0.0761. The molecule has 3 rings (SSSR count). The minimum atomic E-state index is -3.31.